The van der Waals surface area contributed by atoms with E-state index in [0.717, 1.165) is 10.6 Å². The number of nitrogens with zero attached hydrogens (tertiary/aromatic N) is 2. The first kappa shape index (κ1) is 20.2. The summed E-state index contributed by atoms with van der Waals surface area (Å²) in [6, 6.07) is 11.9. The van der Waals surface area contributed by atoms with Crippen molar-refractivity contribution in [3.8, 4) is 5.75 Å². The van der Waals surface area contributed by atoms with Crippen LogP contribution in [0.4, 0.5) is 11.4 Å². The van der Waals surface area contributed by atoms with E-state index in [9.17, 15) is 18.0 Å². The summed E-state index contributed by atoms with van der Waals surface area (Å²) in [6.07, 6.45) is 0. The van der Waals surface area contributed by atoms with Crippen molar-refractivity contribution in [1.29, 1.82) is 0 Å². The van der Waals surface area contributed by atoms with Crippen LogP contribution >= 0.6 is 11.8 Å². The molecule has 0 atom stereocenters. The monoisotopic (exact) mass is 446 g/mol. The van der Waals surface area contributed by atoms with E-state index in [1.807, 2.05) is 4.90 Å². The molecule has 30 heavy (non-hydrogen) atoms. The van der Waals surface area contributed by atoms with E-state index in [1.54, 1.807) is 42.5 Å². The van der Waals surface area contributed by atoms with Gasteiger partial charge in [0.15, 0.2) is 11.8 Å². The highest BCUT2D eigenvalue weighted by atomic mass is 32.2. The third-order valence-electron chi connectivity index (χ3n) is 4.48. The van der Waals surface area contributed by atoms with Crippen LogP contribution in [0.1, 0.15) is 10.4 Å². The number of thioether (sulfide) groups is 1. The standard InChI is InChI=1S/C19H18N4O5S2/c1-20-17(24)11-28-14-4-2-3-13(10-14)21-18(25)12-5-6-15-16(9-12)29-19-22-30(26,27)8-7-23(15)19/h2-6,9-10H,7-8,11H2,1H3,(H,20,24)(H,21,25). The van der Waals surface area contributed by atoms with E-state index < -0.39 is 10.0 Å². The highest BCUT2D eigenvalue weighted by Gasteiger charge is 2.33. The fraction of sp³-hybridized carbons (Fsp3) is 0.211. The summed E-state index contributed by atoms with van der Waals surface area (Å²) in [5.41, 5.74) is 1.80. The van der Waals surface area contributed by atoms with Gasteiger partial charge in [-0.05, 0) is 42.1 Å². The third kappa shape index (κ3) is 4.26. The molecule has 2 aliphatic rings. The van der Waals surface area contributed by atoms with Crippen LogP contribution in [-0.2, 0) is 14.8 Å². The predicted octanol–water partition coefficient (Wildman–Crippen LogP) is 1.68. The van der Waals surface area contributed by atoms with E-state index in [2.05, 4.69) is 15.0 Å². The minimum absolute atomic E-state index is 0.0307. The number of likely N-dealkylation sites (N-methyl/N-ethyl adjacent to an activating group) is 1. The molecule has 2 heterocycles. The minimum Gasteiger partial charge on any atom is -0.484 e. The van der Waals surface area contributed by atoms with Crippen molar-refractivity contribution in [2.75, 3.05) is 36.2 Å². The van der Waals surface area contributed by atoms with Crippen LogP contribution in [0, 0.1) is 0 Å². The molecule has 2 aliphatic heterocycles. The molecule has 0 fully saturated rings. The van der Waals surface area contributed by atoms with Crippen molar-refractivity contribution in [2.45, 2.75) is 4.90 Å². The number of carbonyl (C=O) groups excluding carboxylic acids is 2. The Morgan fingerprint density at radius 1 is 1.23 bits per heavy atom. The first-order valence-corrected chi connectivity index (χ1v) is 11.4. The van der Waals surface area contributed by atoms with Gasteiger partial charge in [-0.15, -0.1) is 4.40 Å². The second kappa shape index (κ2) is 8.00. The lowest BCUT2D eigenvalue weighted by Crippen LogP contribution is -2.35. The van der Waals surface area contributed by atoms with Gasteiger partial charge in [0, 0.05) is 35.8 Å². The number of carbonyl (C=O) groups is 2. The van der Waals surface area contributed by atoms with Crippen LogP contribution in [0.25, 0.3) is 0 Å². The molecule has 156 valence electrons. The normalized spacial score (nSPS) is 16.2. The summed E-state index contributed by atoms with van der Waals surface area (Å²) in [4.78, 5) is 26.6. The maximum Gasteiger partial charge on any atom is 0.257 e. The lowest BCUT2D eigenvalue weighted by atomic mass is 10.1. The van der Waals surface area contributed by atoms with Crippen molar-refractivity contribution in [3.05, 3.63) is 48.0 Å². The number of nitrogens with one attached hydrogen (secondary N) is 2. The summed E-state index contributed by atoms with van der Waals surface area (Å²) in [5, 5.41) is 5.68. The quantitative estimate of drug-likeness (QED) is 0.717. The molecule has 2 aromatic rings. The summed E-state index contributed by atoms with van der Waals surface area (Å²) in [7, 11) is -1.91. The lowest BCUT2D eigenvalue weighted by Gasteiger charge is -2.22. The third-order valence-corrected chi connectivity index (χ3v) is 6.78. The number of ether oxygens (including phenoxy) is 1. The number of rotatable bonds is 5. The molecule has 0 saturated carbocycles. The van der Waals surface area contributed by atoms with Crippen molar-refractivity contribution in [1.82, 2.24) is 5.32 Å². The Balaban J connectivity index is 1.48. The van der Waals surface area contributed by atoms with Gasteiger partial charge < -0.3 is 20.3 Å². The van der Waals surface area contributed by atoms with Crippen molar-refractivity contribution in [2.24, 2.45) is 4.40 Å². The molecule has 0 aromatic heterocycles. The minimum atomic E-state index is -3.43. The largest absolute Gasteiger partial charge is 0.484 e. The molecule has 0 aliphatic carbocycles. The van der Waals surface area contributed by atoms with Crippen LogP contribution in [0.15, 0.2) is 51.8 Å². The van der Waals surface area contributed by atoms with Crippen molar-refractivity contribution in [3.63, 3.8) is 0 Å². The average Bonchev–Trinajstić information content (AvgIpc) is 3.07. The Morgan fingerprint density at radius 3 is 2.87 bits per heavy atom. The molecular weight excluding hydrogens is 428 g/mol. The summed E-state index contributed by atoms with van der Waals surface area (Å²) < 4.78 is 32.7. The number of amidine groups is 1. The Kier molecular flexibility index (Phi) is 5.39. The van der Waals surface area contributed by atoms with Crippen LogP contribution in [0.2, 0.25) is 0 Å². The van der Waals surface area contributed by atoms with Gasteiger partial charge >= 0.3 is 0 Å². The van der Waals surface area contributed by atoms with Crippen LogP contribution in [0.3, 0.4) is 0 Å². The summed E-state index contributed by atoms with van der Waals surface area (Å²) in [5.74, 6) is -0.149. The van der Waals surface area contributed by atoms with E-state index in [-0.39, 0.29) is 24.2 Å². The lowest BCUT2D eigenvalue weighted by molar-refractivity contribution is -0.122. The number of hydrogen-bond donors (Lipinski definition) is 2. The topological polar surface area (TPSA) is 117 Å². The Hall–Kier alpha value is -3.05. The van der Waals surface area contributed by atoms with E-state index in [0.29, 0.717) is 28.7 Å². The smallest absolute Gasteiger partial charge is 0.257 e. The fourth-order valence-corrected chi connectivity index (χ4v) is 5.26. The van der Waals surface area contributed by atoms with Gasteiger partial charge in [-0.25, -0.2) is 8.42 Å². The number of amides is 2. The van der Waals surface area contributed by atoms with Gasteiger partial charge in [0.2, 0.25) is 0 Å². The van der Waals surface area contributed by atoms with E-state index in [1.165, 1.54) is 18.8 Å². The van der Waals surface area contributed by atoms with Crippen molar-refractivity contribution >= 4 is 50.1 Å². The van der Waals surface area contributed by atoms with Gasteiger partial charge in [0.1, 0.15) is 5.75 Å². The number of sulfonamides is 1. The number of benzene rings is 2. The second-order valence-electron chi connectivity index (χ2n) is 6.54. The van der Waals surface area contributed by atoms with Gasteiger partial charge in [-0.1, -0.05) is 6.07 Å². The predicted molar refractivity (Wildman–Crippen MR) is 115 cm³/mol. The Bertz CT molecular complexity index is 1160. The Labute approximate surface area is 177 Å². The summed E-state index contributed by atoms with van der Waals surface area (Å²) >= 11 is 1.23. The van der Waals surface area contributed by atoms with Crippen molar-refractivity contribution < 1.29 is 22.7 Å². The number of fused-ring (bicyclic) bond motifs is 3. The first-order chi connectivity index (χ1) is 14.3. The highest BCUT2D eigenvalue weighted by Crippen LogP contribution is 2.42. The first-order valence-electron chi connectivity index (χ1n) is 9.01. The van der Waals surface area contributed by atoms with Gasteiger partial charge in [0.05, 0.1) is 11.4 Å². The van der Waals surface area contributed by atoms with Gasteiger partial charge in [-0.2, -0.15) is 0 Å². The molecule has 0 bridgehead atoms. The van der Waals surface area contributed by atoms with Crippen LogP contribution in [0.5, 0.6) is 5.75 Å². The van der Waals surface area contributed by atoms with Gasteiger partial charge in [-0.3, -0.25) is 9.59 Å². The maximum atomic E-state index is 12.7. The molecule has 2 aromatic carbocycles. The SMILES string of the molecule is CNC(=O)COc1cccc(NC(=O)c2ccc3c(c2)SC2=NS(=O)(=O)CCN23)c1. The average molecular weight is 447 g/mol. The molecule has 11 heteroatoms. The van der Waals surface area contributed by atoms with Gasteiger partial charge in [0.25, 0.3) is 21.8 Å². The van der Waals surface area contributed by atoms with E-state index >= 15 is 0 Å². The Morgan fingerprint density at radius 2 is 2.07 bits per heavy atom. The zero-order chi connectivity index (χ0) is 21.3. The zero-order valence-electron chi connectivity index (χ0n) is 15.9. The molecule has 2 amide bonds. The van der Waals surface area contributed by atoms with Crippen LogP contribution < -0.4 is 20.3 Å². The zero-order valence-corrected chi connectivity index (χ0v) is 17.5. The molecule has 2 N–H and O–H groups in total. The fourth-order valence-electron chi connectivity index (χ4n) is 2.96. The molecule has 0 saturated heterocycles. The second-order valence-corrected chi connectivity index (χ2v) is 9.30. The maximum absolute atomic E-state index is 12.7. The molecule has 0 spiro atoms. The molecular formula is C19H18N4O5S2. The highest BCUT2D eigenvalue weighted by molar-refractivity contribution is 8.15. The number of anilines is 2. The molecule has 0 unspecified atom stereocenters. The van der Waals surface area contributed by atoms with Crippen LogP contribution in [-0.4, -0.2) is 51.4 Å². The summed E-state index contributed by atoms with van der Waals surface area (Å²) in [6.45, 7) is 0.224. The number of hydrogen-bond acceptors (Lipinski definition) is 7. The van der Waals surface area contributed by atoms with E-state index in [4.69, 9.17) is 4.74 Å². The molecule has 9 nitrogen and oxygen atoms in total. The molecule has 0 radical (unpaired) electrons. The molecule has 4 rings (SSSR count).